The minimum Gasteiger partial charge on any atom is -0.481 e. The van der Waals surface area contributed by atoms with Gasteiger partial charge in [-0.15, -0.1) is 0 Å². The summed E-state index contributed by atoms with van der Waals surface area (Å²) in [5.41, 5.74) is 0.686. The molecule has 1 aliphatic rings. The summed E-state index contributed by atoms with van der Waals surface area (Å²) in [6.45, 7) is 0.363. The largest absolute Gasteiger partial charge is 0.481 e. The number of hydrogen-bond acceptors (Lipinski definition) is 4. The molecule has 0 unspecified atom stereocenters. The molecule has 1 aromatic carbocycles. The van der Waals surface area contributed by atoms with Crippen molar-refractivity contribution in [1.82, 2.24) is 0 Å². The van der Waals surface area contributed by atoms with Gasteiger partial charge in [0.05, 0.1) is 23.3 Å². The van der Waals surface area contributed by atoms with Crippen LogP contribution < -0.4 is 0 Å². The van der Waals surface area contributed by atoms with Gasteiger partial charge in [-0.05, 0) is 31.0 Å². The summed E-state index contributed by atoms with van der Waals surface area (Å²) in [6.07, 6.45) is 3.86. The van der Waals surface area contributed by atoms with Crippen LogP contribution >= 0.6 is 11.6 Å². The summed E-state index contributed by atoms with van der Waals surface area (Å²) in [5.74, 6) is -0.718. The maximum Gasteiger partial charge on any atom is 0.311 e. The van der Waals surface area contributed by atoms with Gasteiger partial charge < -0.3 is 14.3 Å². The second kappa shape index (κ2) is 6.28. The molecule has 0 spiro atoms. The van der Waals surface area contributed by atoms with Crippen LogP contribution in [0.4, 0.5) is 0 Å². The molecule has 0 radical (unpaired) electrons. The molecule has 1 aliphatic carbocycles. The van der Waals surface area contributed by atoms with Gasteiger partial charge in [-0.3, -0.25) is 9.59 Å². The quantitative estimate of drug-likeness (QED) is 0.876. The number of carboxylic acids is 1. The summed E-state index contributed by atoms with van der Waals surface area (Å²) in [7, 11) is 1.53. The highest BCUT2D eigenvalue weighted by Gasteiger charge is 2.50. The Balaban J connectivity index is 0.000000161. The van der Waals surface area contributed by atoms with E-state index in [4.69, 9.17) is 25.9 Å². The van der Waals surface area contributed by atoms with Crippen LogP contribution in [-0.4, -0.2) is 31.1 Å². The normalized spacial score (nSPS) is 15.1. The summed E-state index contributed by atoms with van der Waals surface area (Å²) in [5, 5.41) is 9.88. The second-order valence-corrected chi connectivity index (χ2v) is 5.39. The van der Waals surface area contributed by atoms with Crippen molar-refractivity contribution in [1.29, 1.82) is 0 Å². The molecular weight excluding hydrogens is 296 g/mol. The highest BCUT2D eigenvalue weighted by atomic mass is 35.5. The topological polar surface area (TPSA) is 76.7 Å². The number of methoxy groups -OCH3 is 1. The molecule has 3 rings (SSSR count). The number of carbonyl (C=O) groups excluding carboxylic acids is 1. The molecule has 0 amide bonds. The minimum atomic E-state index is -0.718. The standard InChI is InChI=1S/C9H5ClO2.C6H10O3/c10-8-4-6(5-11)3-7-1-2-12-9(7)8;1-9-4-6(2-3-6)5(7)8/h1-5H;2-4H2,1H3,(H,7,8). The zero-order valence-corrected chi connectivity index (χ0v) is 12.2. The highest BCUT2D eigenvalue weighted by molar-refractivity contribution is 6.35. The Morgan fingerprint density at radius 2 is 2.24 bits per heavy atom. The first kappa shape index (κ1) is 15.5. The molecule has 1 heterocycles. The van der Waals surface area contributed by atoms with Crippen molar-refractivity contribution in [2.24, 2.45) is 5.41 Å². The van der Waals surface area contributed by atoms with E-state index in [2.05, 4.69) is 0 Å². The number of fused-ring (bicyclic) bond motifs is 1. The Bertz CT molecular complexity index is 657. The highest BCUT2D eigenvalue weighted by Crippen LogP contribution is 2.45. The number of aliphatic carboxylic acids is 1. The van der Waals surface area contributed by atoms with Gasteiger partial charge in [0.15, 0.2) is 5.58 Å². The van der Waals surface area contributed by atoms with Crippen LogP contribution in [0.2, 0.25) is 5.02 Å². The van der Waals surface area contributed by atoms with Crippen molar-refractivity contribution in [3.05, 3.63) is 35.0 Å². The van der Waals surface area contributed by atoms with Crippen LogP contribution in [0.1, 0.15) is 23.2 Å². The Morgan fingerprint density at radius 1 is 1.52 bits per heavy atom. The third kappa shape index (κ3) is 3.43. The molecule has 0 bridgehead atoms. The Morgan fingerprint density at radius 3 is 2.71 bits per heavy atom. The molecule has 1 fully saturated rings. The molecule has 1 N–H and O–H groups in total. The van der Waals surface area contributed by atoms with Crippen molar-refractivity contribution in [2.75, 3.05) is 13.7 Å². The fourth-order valence-electron chi connectivity index (χ4n) is 1.98. The monoisotopic (exact) mass is 310 g/mol. The van der Waals surface area contributed by atoms with E-state index in [1.165, 1.54) is 7.11 Å². The van der Waals surface area contributed by atoms with Crippen LogP contribution in [0, 0.1) is 5.41 Å². The fourth-order valence-corrected chi connectivity index (χ4v) is 2.25. The van der Waals surface area contributed by atoms with Crippen molar-refractivity contribution < 1.29 is 23.8 Å². The number of hydrogen-bond donors (Lipinski definition) is 1. The van der Waals surface area contributed by atoms with E-state index < -0.39 is 11.4 Å². The number of rotatable bonds is 4. The summed E-state index contributed by atoms with van der Waals surface area (Å²) in [6, 6.07) is 5.09. The van der Waals surface area contributed by atoms with E-state index in [1.54, 1.807) is 24.5 Å². The summed E-state index contributed by atoms with van der Waals surface area (Å²) < 4.78 is 9.85. The van der Waals surface area contributed by atoms with E-state index in [-0.39, 0.29) is 0 Å². The van der Waals surface area contributed by atoms with Gasteiger partial charge in [0.2, 0.25) is 0 Å². The predicted octanol–water partition coefficient (Wildman–Crippen LogP) is 3.40. The number of furan rings is 1. The molecule has 6 heteroatoms. The molecule has 0 saturated heterocycles. The van der Waals surface area contributed by atoms with Crippen molar-refractivity contribution in [3.8, 4) is 0 Å². The van der Waals surface area contributed by atoms with E-state index in [1.807, 2.05) is 0 Å². The molecule has 5 nitrogen and oxygen atoms in total. The Labute approximate surface area is 126 Å². The molecule has 0 atom stereocenters. The third-order valence-electron chi connectivity index (χ3n) is 3.39. The molecule has 2 aromatic rings. The van der Waals surface area contributed by atoms with Gasteiger partial charge >= 0.3 is 5.97 Å². The van der Waals surface area contributed by atoms with Crippen LogP contribution in [0.15, 0.2) is 28.9 Å². The van der Waals surface area contributed by atoms with Crippen LogP contribution in [0.25, 0.3) is 11.0 Å². The van der Waals surface area contributed by atoms with Gasteiger partial charge in [-0.2, -0.15) is 0 Å². The van der Waals surface area contributed by atoms with Gasteiger partial charge in [-0.1, -0.05) is 11.6 Å². The lowest BCUT2D eigenvalue weighted by molar-refractivity contribution is -0.145. The first-order chi connectivity index (χ1) is 10.0. The lowest BCUT2D eigenvalue weighted by Gasteiger charge is -2.05. The van der Waals surface area contributed by atoms with Crippen molar-refractivity contribution in [3.63, 3.8) is 0 Å². The average molecular weight is 311 g/mol. The van der Waals surface area contributed by atoms with Gasteiger partial charge in [0, 0.05) is 18.1 Å². The molecular formula is C15H15ClO5. The second-order valence-electron chi connectivity index (χ2n) is 4.98. The number of halogens is 1. The molecule has 21 heavy (non-hydrogen) atoms. The fraction of sp³-hybridized carbons (Fsp3) is 0.333. The van der Waals surface area contributed by atoms with E-state index in [0.29, 0.717) is 22.8 Å². The number of aldehydes is 1. The summed E-state index contributed by atoms with van der Waals surface area (Å²) >= 11 is 5.83. The predicted molar refractivity (Wildman–Crippen MR) is 77.8 cm³/mol. The number of carboxylic acid groups (broad SMARTS) is 1. The zero-order valence-electron chi connectivity index (χ0n) is 11.5. The maximum atomic E-state index is 10.4. The first-order valence-corrected chi connectivity index (χ1v) is 6.74. The Kier molecular flexibility index (Phi) is 4.65. The van der Waals surface area contributed by atoms with Crippen molar-refractivity contribution >= 4 is 34.8 Å². The van der Waals surface area contributed by atoms with Crippen LogP contribution in [-0.2, 0) is 9.53 Å². The third-order valence-corrected chi connectivity index (χ3v) is 3.67. The molecule has 0 aliphatic heterocycles. The number of benzene rings is 1. The zero-order chi connectivity index (χ0) is 15.5. The van der Waals surface area contributed by atoms with Gasteiger partial charge in [0.25, 0.3) is 0 Å². The van der Waals surface area contributed by atoms with Crippen LogP contribution in [0.5, 0.6) is 0 Å². The smallest absolute Gasteiger partial charge is 0.311 e. The molecule has 1 saturated carbocycles. The lowest BCUT2D eigenvalue weighted by atomic mass is 10.1. The number of carbonyl (C=O) groups is 2. The van der Waals surface area contributed by atoms with Crippen molar-refractivity contribution in [2.45, 2.75) is 12.8 Å². The van der Waals surface area contributed by atoms with E-state index >= 15 is 0 Å². The van der Waals surface area contributed by atoms with Crippen LogP contribution in [0.3, 0.4) is 0 Å². The first-order valence-electron chi connectivity index (χ1n) is 6.37. The van der Waals surface area contributed by atoms with Gasteiger partial charge in [-0.25, -0.2) is 0 Å². The summed E-state index contributed by atoms with van der Waals surface area (Å²) in [4.78, 5) is 20.8. The van der Waals surface area contributed by atoms with Gasteiger partial charge in [0.1, 0.15) is 6.29 Å². The van der Waals surface area contributed by atoms with E-state index in [9.17, 15) is 9.59 Å². The average Bonchev–Trinajstić information content (AvgIpc) is 3.09. The van der Waals surface area contributed by atoms with E-state index in [0.717, 1.165) is 24.5 Å². The molecule has 112 valence electrons. The molecule has 1 aromatic heterocycles. The number of ether oxygens (including phenoxy) is 1. The minimum absolute atomic E-state index is 0.363. The SMILES string of the molecule is COCC1(C(=O)O)CC1.O=Cc1cc(Cl)c2occc2c1. The maximum absolute atomic E-state index is 10.4. The lowest BCUT2D eigenvalue weighted by Crippen LogP contribution is -2.19. The Hall–Kier alpha value is -1.85.